The Morgan fingerprint density at radius 1 is 1.33 bits per heavy atom. The van der Waals surface area contributed by atoms with E-state index in [1.54, 1.807) is 0 Å². The summed E-state index contributed by atoms with van der Waals surface area (Å²) in [6.45, 7) is 9.96. The summed E-state index contributed by atoms with van der Waals surface area (Å²) in [6.07, 6.45) is 6.33. The van der Waals surface area contributed by atoms with Gasteiger partial charge >= 0.3 is 0 Å². The summed E-state index contributed by atoms with van der Waals surface area (Å²) in [4.78, 5) is 14.7. The maximum absolute atomic E-state index is 12.2. The molecule has 0 unspecified atom stereocenters. The second-order valence-corrected chi connectivity index (χ2v) is 7.52. The fraction of sp³-hybridized carbons (Fsp3) is 0.706. The lowest BCUT2D eigenvalue weighted by molar-refractivity contribution is -0.119. The first-order valence-corrected chi connectivity index (χ1v) is 9.88. The molecule has 1 saturated carbocycles. The number of hydrogen-bond acceptors (Lipinski definition) is 5. The van der Waals surface area contributed by atoms with E-state index in [0.717, 1.165) is 43.5 Å². The van der Waals surface area contributed by atoms with Crippen LogP contribution >= 0.6 is 11.8 Å². The van der Waals surface area contributed by atoms with E-state index in [-0.39, 0.29) is 5.91 Å². The van der Waals surface area contributed by atoms with Crippen LogP contribution in [0.2, 0.25) is 0 Å². The number of thioether (sulfide) groups is 1. The molecular weight excluding hydrogens is 322 g/mol. The van der Waals surface area contributed by atoms with Crippen LogP contribution in [0.5, 0.6) is 0 Å². The van der Waals surface area contributed by atoms with Crippen molar-refractivity contribution in [3.8, 4) is 0 Å². The topological polar surface area (TPSA) is 63.1 Å². The van der Waals surface area contributed by atoms with Crippen molar-refractivity contribution < 1.29 is 4.79 Å². The van der Waals surface area contributed by atoms with E-state index in [1.165, 1.54) is 24.6 Å². The lowest BCUT2D eigenvalue weighted by atomic mass is 10.1. The van der Waals surface area contributed by atoms with Crippen LogP contribution in [-0.2, 0) is 11.3 Å². The first-order valence-electron chi connectivity index (χ1n) is 8.89. The molecule has 1 aromatic rings. The van der Waals surface area contributed by atoms with Gasteiger partial charge in [0.2, 0.25) is 5.91 Å². The third-order valence-electron chi connectivity index (χ3n) is 4.73. The summed E-state index contributed by atoms with van der Waals surface area (Å²) in [5, 5.41) is 12.6. The Balaban J connectivity index is 1.48. The highest BCUT2D eigenvalue weighted by Crippen LogP contribution is 2.40. The number of carbonyl (C=O) groups excluding carboxylic acids is 1. The summed E-state index contributed by atoms with van der Waals surface area (Å²) >= 11 is 1.47. The zero-order valence-electron chi connectivity index (χ0n) is 14.4. The quantitative estimate of drug-likeness (QED) is 0.575. The molecule has 3 rings (SSSR count). The molecule has 2 fully saturated rings. The van der Waals surface area contributed by atoms with Crippen LogP contribution in [0.25, 0.3) is 0 Å². The Morgan fingerprint density at radius 3 is 2.71 bits per heavy atom. The van der Waals surface area contributed by atoms with E-state index in [0.29, 0.717) is 24.3 Å². The second kappa shape index (κ2) is 8.16. The van der Waals surface area contributed by atoms with Crippen LogP contribution < -0.4 is 5.32 Å². The molecule has 1 aromatic heterocycles. The van der Waals surface area contributed by atoms with E-state index in [4.69, 9.17) is 0 Å². The second-order valence-electron chi connectivity index (χ2n) is 6.58. The number of amides is 1. The molecule has 7 heteroatoms. The number of nitrogens with zero attached hydrogens (tertiary/aromatic N) is 4. The summed E-state index contributed by atoms with van der Waals surface area (Å²) in [5.41, 5.74) is 0. The number of aromatic nitrogens is 3. The number of carbonyl (C=O) groups is 1. The van der Waals surface area contributed by atoms with Crippen LogP contribution in [0, 0.1) is 0 Å². The molecule has 24 heavy (non-hydrogen) atoms. The van der Waals surface area contributed by atoms with Crippen molar-refractivity contribution in [2.45, 2.75) is 56.3 Å². The molecule has 1 N–H and O–H groups in total. The van der Waals surface area contributed by atoms with Gasteiger partial charge in [-0.05, 0) is 32.2 Å². The minimum Gasteiger partial charge on any atom is -0.353 e. The highest BCUT2D eigenvalue weighted by molar-refractivity contribution is 7.99. The van der Waals surface area contributed by atoms with E-state index in [2.05, 4.69) is 38.5 Å². The smallest absolute Gasteiger partial charge is 0.230 e. The molecule has 0 atom stereocenters. The fourth-order valence-electron chi connectivity index (χ4n) is 3.14. The Hall–Kier alpha value is -1.34. The molecule has 2 aliphatic rings. The molecule has 1 saturated heterocycles. The Morgan fingerprint density at radius 2 is 2.08 bits per heavy atom. The highest BCUT2D eigenvalue weighted by Gasteiger charge is 2.30. The van der Waals surface area contributed by atoms with Crippen molar-refractivity contribution in [3.05, 3.63) is 18.5 Å². The van der Waals surface area contributed by atoms with Gasteiger partial charge in [0.25, 0.3) is 0 Å². The summed E-state index contributed by atoms with van der Waals surface area (Å²) < 4.78 is 2.10. The monoisotopic (exact) mass is 349 g/mol. The number of piperidine rings is 1. The fourth-order valence-corrected chi connectivity index (χ4v) is 3.91. The molecule has 0 spiro atoms. The van der Waals surface area contributed by atoms with E-state index >= 15 is 0 Å². The maximum atomic E-state index is 12.2. The normalized spacial score (nSPS) is 19.4. The first-order chi connectivity index (χ1) is 11.7. The molecule has 1 amide bonds. The van der Waals surface area contributed by atoms with E-state index < -0.39 is 0 Å². The van der Waals surface area contributed by atoms with Gasteiger partial charge < -0.3 is 14.8 Å². The number of hydrogen-bond donors (Lipinski definition) is 1. The molecular formula is C17H27N5OS. The first kappa shape index (κ1) is 17.5. The Bertz CT molecular complexity index is 576. The lowest BCUT2D eigenvalue weighted by Crippen LogP contribution is -2.45. The average molecular weight is 350 g/mol. The van der Waals surface area contributed by atoms with Gasteiger partial charge in [-0.25, -0.2) is 0 Å². The van der Waals surface area contributed by atoms with E-state index in [1.807, 2.05) is 6.08 Å². The zero-order chi connectivity index (χ0) is 16.9. The van der Waals surface area contributed by atoms with Crippen molar-refractivity contribution in [1.82, 2.24) is 25.0 Å². The minimum absolute atomic E-state index is 0.0936. The van der Waals surface area contributed by atoms with E-state index in [9.17, 15) is 4.79 Å². The Labute approximate surface area is 148 Å². The molecule has 132 valence electrons. The van der Waals surface area contributed by atoms with Gasteiger partial charge in [0.15, 0.2) is 5.16 Å². The molecule has 0 radical (unpaired) electrons. The Kier molecular flexibility index (Phi) is 5.94. The van der Waals surface area contributed by atoms with Gasteiger partial charge in [-0.15, -0.1) is 16.8 Å². The summed E-state index contributed by atoms with van der Waals surface area (Å²) in [7, 11) is 0. The zero-order valence-corrected chi connectivity index (χ0v) is 15.2. The average Bonchev–Trinajstić information content (AvgIpc) is 3.36. The van der Waals surface area contributed by atoms with Gasteiger partial charge in [-0.1, -0.05) is 24.8 Å². The minimum atomic E-state index is 0.0936. The largest absolute Gasteiger partial charge is 0.353 e. The standard InChI is InChI=1S/C17H27N5OS/c1-3-9-22-16(13-5-6-13)19-20-17(22)24-12-15(23)18-14-7-10-21(4-2)11-8-14/h3,13-14H,1,4-12H2,2H3,(H,18,23). The number of nitrogens with one attached hydrogen (secondary N) is 1. The number of allylic oxidation sites excluding steroid dienone is 1. The van der Waals surface area contributed by atoms with Crippen molar-refractivity contribution in [3.63, 3.8) is 0 Å². The van der Waals surface area contributed by atoms with Crippen molar-refractivity contribution in [2.24, 2.45) is 0 Å². The van der Waals surface area contributed by atoms with Crippen LogP contribution in [0.4, 0.5) is 0 Å². The van der Waals surface area contributed by atoms with Crippen LogP contribution in [0.3, 0.4) is 0 Å². The molecule has 6 nitrogen and oxygen atoms in total. The van der Waals surface area contributed by atoms with Gasteiger partial charge in [-0.3, -0.25) is 4.79 Å². The molecule has 0 bridgehead atoms. The third-order valence-corrected chi connectivity index (χ3v) is 5.70. The number of rotatable bonds is 8. The molecule has 2 heterocycles. The lowest BCUT2D eigenvalue weighted by Gasteiger charge is -2.31. The summed E-state index contributed by atoms with van der Waals surface area (Å²) in [5.74, 6) is 2.08. The van der Waals surface area contributed by atoms with Gasteiger partial charge in [0.05, 0.1) is 5.75 Å². The van der Waals surface area contributed by atoms with Gasteiger partial charge in [0.1, 0.15) is 5.82 Å². The predicted molar refractivity (Wildman–Crippen MR) is 96.2 cm³/mol. The van der Waals surface area contributed by atoms with Crippen molar-refractivity contribution in [1.29, 1.82) is 0 Å². The van der Waals surface area contributed by atoms with Crippen LogP contribution in [-0.4, -0.2) is 57.0 Å². The highest BCUT2D eigenvalue weighted by atomic mass is 32.2. The SMILES string of the molecule is C=CCn1c(SCC(=O)NC2CCN(CC)CC2)nnc1C1CC1. The van der Waals surface area contributed by atoms with Gasteiger partial charge in [0, 0.05) is 31.6 Å². The molecule has 1 aliphatic heterocycles. The summed E-state index contributed by atoms with van der Waals surface area (Å²) in [6, 6.07) is 0.314. The number of likely N-dealkylation sites (tertiary alicyclic amines) is 1. The maximum Gasteiger partial charge on any atom is 0.230 e. The predicted octanol–water partition coefficient (Wildman–Crippen LogP) is 2.03. The van der Waals surface area contributed by atoms with Crippen molar-refractivity contribution >= 4 is 17.7 Å². The van der Waals surface area contributed by atoms with Gasteiger partial charge in [-0.2, -0.15) is 0 Å². The molecule has 1 aliphatic carbocycles. The third kappa shape index (κ3) is 4.39. The molecule has 0 aromatic carbocycles. The van der Waals surface area contributed by atoms with Crippen LogP contribution in [0.1, 0.15) is 44.3 Å². The van der Waals surface area contributed by atoms with Crippen molar-refractivity contribution in [2.75, 3.05) is 25.4 Å². The van der Waals surface area contributed by atoms with Crippen LogP contribution in [0.15, 0.2) is 17.8 Å².